The van der Waals surface area contributed by atoms with E-state index in [0.717, 1.165) is 40.6 Å². The summed E-state index contributed by atoms with van der Waals surface area (Å²) in [5.41, 5.74) is 6.58. The van der Waals surface area contributed by atoms with E-state index >= 15 is 0 Å². The molecule has 5 nitrogen and oxygen atoms in total. The molecular weight excluding hydrogens is 354 g/mol. The highest BCUT2D eigenvalue weighted by Crippen LogP contribution is 2.41. The Morgan fingerprint density at radius 2 is 1.89 bits per heavy atom. The van der Waals surface area contributed by atoms with Crippen LogP contribution in [-0.4, -0.2) is 26.0 Å². The fourth-order valence-corrected chi connectivity index (χ4v) is 4.38. The van der Waals surface area contributed by atoms with Gasteiger partial charge < -0.3 is 0 Å². The molecule has 0 saturated carbocycles. The van der Waals surface area contributed by atoms with Gasteiger partial charge in [0.25, 0.3) is 0 Å². The molecule has 0 unspecified atom stereocenters. The van der Waals surface area contributed by atoms with Crippen molar-refractivity contribution < 1.29 is 0 Å². The van der Waals surface area contributed by atoms with Gasteiger partial charge in [-0.15, -0.1) is 0 Å². The quantitative estimate of drug-likeness (QED) is 0.497. The van der Waals surface area contributed by atoms with Crippen LogP contribution in [0.2, 0.25) is 0 Å². The van der Waals surface area contributed by atoms with E-state index < -0.39 is 0 Å². The molecule has 1 aromatic carbocycles. The van der Waals surface area contributed by atoms with Crippen LogP contribution in [0.1, 0.15) is 21.8 Å². The van der Waals surface area contributed by atoms with Gasteiger partial charge in [-0.05, 0) is 49.6 Å². The Labute approximate surface area is 161 Å². The highest BCUT2D eigenvalue weighted by Gasteiger charge is 2.27. The van der Waals surface area contributed by atoms with E-state index in [4.69, 9.17) is 10.1 Å². The Balaban J connectivity index is 1.55. The van der Waals surface area contributed by atoms with Gasteiger partial charge in [-0.25, -0.2) is 14.7 Å². The molecule has 132 valence electrons. The normalized spacial score (nSPS) is 12.9. The van der Waals surface area contributed by atoms with E-state index in [1.54, 1.807) is 23.7 Å². The molecule has 0 aliphatic heterocycles. The van der Waals surface area contributed by atoms with Crippen LogP contribution in [0.4, 0.5) is 5.13 Å². The lowest BCUT2D eigenvalue weighted by atomic mass is 9.98. The van der Waals surface area contributed by atoms with Crippen molar-refractivity contribution >= 4 is 22.7 Å². The SMILES string of the molecule is Cc1nn(-c2ccccc2)c2c1-c1nc(/N=C/c3ccncc3)sc1CC2. The smallest absolute Gasteiger partial charge is 0.209 e. The van der Waals surface area contributed by atoms with Crippen LogP contribution in [0.5, 0.6) is 0 Å². The zero-order chi connectivity index (χ0) is 18.2. The molecule has 3 aromatic heterocycles. The first-order valence-electron chi connectivity index (χ1n) is 8.87. The number of para-hydroxylation sites is 1. The lowest BCUT2D eigenvalue weighted by Crippen LogP contribution is -2.07. The average Bonchev–Trinajstić information content (AvgIpc) is 3.28. The number of hydrogen-bond acceptors (Lipinski definition) is 5. The fourth-order valence-electron chi connectivity index (χ4n) is 3.47. The number of thiazole rings is 1. The highest BCUT2D eigenvalue weighted by atomic mass is 32.1. The van der Waals surface area contributed by atoms with Crippen molar-refractivity contribution in [3.63, 3.8) is 0 Å². The van der Waals surface area contributed by atoms with Crippen molar-refractivity contribution in [3.05, 3.63) is 76.7 Å². The highest BCUT2D eigenvalue weighted by molar-refractivity contribution is 7.15. The largest absolute Gasteiger partial charge is 0.265 e. The second-order valence-electron chi connectivity index (χ2n) is 6.46. The summed E-state index contributed by atoms with van der Waals surface area (Å²) in [7, 11) is 0. The molecule has 4 aromatic rings. The Bertz CT molecular complexity index is 1130. The van der Waals surface area contributed by atoms with Gasteiger partial charge in [-0.2, -0.15) is 5.10 Å². The number of aromatic nitrogens is 4. The molecule has 6 heteroatoms. The molecule has 0 amide bonds. The number of pyridine rings is 1. The minimum atomic E-state index is 0.788. The number of aliphatic imine (C=N–C) groups is 1. The molecule has 3 heterocycles. The number of aryl methyl sites for hydroxylation is 2. The van der Waals surface area contributed by atoms with E-state index in [-0.39, 0.29) is 0 Å². The summed E-state index contributed by atoms with van der Waals surface area (Å²) >= 11 is 1.67. The first-order valence-corrected chi connectivity index (χ1v) is 9.69. The second kappa shape index (κ2) is 6.55. The van der Waals surface area contributed by atoms with E-state index in [0.29, 0.717) is 0 Å². The number of fused-ring (bicyclic) bond motifs is 3. The van der Waals surface area contributed by atoms with E-state index in [9.17, 15) is 0 Å². The number of hydrogen-bond donors (Lipinski definition) is 0. The van der Waals surface area contributed by atoms with Crippen molar-refractivity contribution in [2.45, 2.75) is 19.8 Å². The zero-order valence-electron chi connectivity index (χ0n) is 14.8. The lowest BCUT2D eigenvalue weighted by Gasteiger charge is -2.13. The van der Waals surface area contributed by atoms with Crippen molar-refractivity contribution in [1.29, 1.82) is 0 Å². The van der Waals surface area contributed by atoms with Crippen LogP contribution < -0.4 is 0 Å². The molecule has 0 N–H and O–H groups in total. The van der Waals surface area contributed by atoms with Crippen LogP contribution >= 0.6 is 11.3 Å². The summed E-state index contributed by atoms with van der Waals surface area (Å²) in [6, 6.07) is 14.2. The summed E-state index contributed by atoms with van der Waals surface area (Å²) < 4.78 is 2.06. The second-order valence-corrected chi connectivity index (χ2v) is 7.52. The average molecular weight is 371 g/mol. The predicted octanol–water partition coefficient (Wildman–Crippen LogP) is 4.55. The summed E-state index contributed by atoms with van der Waals surface area (Å²) in [6.45, 7) is 2.06. The third kappa shape index (κ3) is 2.88. The van der Waals surface area contributed by atoms with Crippen LogP contribution in [0, 0.1) is 6.92 Å². The molecule has 0 atom stereocenters. The number of nitrogens with zero attached hydrogens (tertiary/aromatic N) is 5. The van der Waals surface area contributed by atoms with Crippen LogP contribution in [0.25, 0.3) is 16.9 Å². The minimum Gasteiger partial charge on any atom is -0.265 e. The first kappa shape index (κ1) is 16.1. The maximum atomic E-state index is 4.83. The molecule has 1 aliphatic carbocycles. The number of rotatable bonds is 3. The molecule has 0 radical (unpaired) electrons. The van der Waals surface area contributed by atoms with E-state index in [2.05, 4.69) is 33.7 Å². The van der Waals surface area contributed by atoms with Gasteiger partial charge in [0.1, 0.15) is 0 Å². The monoisotopic (exact) mass is 371 g/mol. The Hall–Kier alpha value is -3.12. The zero-order valence-corrected chi connectivity index (χ0v) is 15.6. The molecule has 27 heavy (non-hydrogen) atoms. The molecular formula is C21H17N5S. The maximum absolute atomic E-state index is 4.83. The lowest BCUT2D eigenvalue weighted by molar-refractivity contribution is 0.779. The van der Waals surface area contributed by atoms with Crippen LogP contribution in [-0.2, 0) is 12.8 Å². The van der Waals surface area contributed by atoms with Gasteiger partial charge in [0.05, 0.1) is 22.8 Å². The summed E-state index contributed by atoms with van der Waals surface area (Å²) in [4.78, 5) is 14.7. The van der Waals surface area contributed by atoms with Gasteiger partial charge in [0, 0.05) is 29.0 Å². The minimum absolute atomic E-state index is 0.788. The molecule has 5 rings (SSSR count). The van der Waals surface area contributed by atoms with Gasteiger partial charge in [-0.3, -0.25) is 4.98 Å². The molecule has 0 fully saturated rings. The Morgan fingerprint density at radius 1 is 1.07 bits per heavy atom. The predicted molar refractivity (Wildman–Crippen MR) is 108 cm³/mol. The topological polar surface area (TPSA) is 56.0 Å². The third-order valence-electron chi connectivity index (χ3n) is 4.70. The molecule has 0 bridgehead atoms. The van der Waals surface area contributed by atoms with Gasteiger partial charge in [0.2, 0.25) is 5.13 Å². The fraction of sp³-hybridized carbons (Fsp3) is 0.143. The Kier molecular flexibility index (Phi) is 3.90. The first-order chi connectivity index (χ1) is 13.3. The van der Waals surface area contributed by atoms with Crippen LogP contribution in [0.15, 0.2) is 59.9 Å². The molecule has 0 saturated heterocycles. The van der Waals surface area contributed by atoms with Crippen LogP contribution in [0.3, 0.4) is 0 Å². The molecule has 1 aliphatic rings. The third-order valence-corrected chi connectivity index (χ3v) is 5.72. The van der Waals surface area contributed by atoms with Crippen molar-refractivity contribution in [2.75, 3.05) is 0 Å². The standard InChI is InChI=1S/C21H17N5S/c1-14-19-17(26(25-14)16-5-3-2-4-6-16)7-8-18-20(19)24-21(27-18)23-13-15-9-11-22-12-10-15/h2-6,9-13H,7-8H2,1H3/b23-13+. The summed E-state index contributed by atoms with van der Waals surface area (Å²) in [6.07, 6.45) is 7.31. The van der Waals surface area contributed by atoms with Crippen molar-refractivity contribution in [3.8, 4) is 16.9 Å². The summed E-state index contributed by atoms with van der Waals surface area (Å²) in [5.74, 6) is 0. The number of benzene rings is 1. The van der Waals surface area contributed by atoms with Crippen molar-refractivity contribution in [1.82, 2.24) is 19.7 Å². The van der Waals surface area contributed by atoms with Gasteiger partial charge >= 0.3 is 0 Å². The maximum Gasteiger partial charge on any atom is 0.209 e. The van der Waals surface area contributed by atoms with Gasteiger partial charge in [-0.1, -0.05) is 29.5 Å². The molecule has 0 spiro atoms. The Morgan fingerprint density at radius 3 is 2.70 bits per heavy atom. The van der Waals surface area contributed by atoms with E-state index in [1.807, 2.05) is 36.5 Å². The summed E-state index contributed by atoms with van der Waals surface area (Å²) in [5, 5.41) is 5.59. The van der Waals surface area contributed by atoms with Crippen molar-refractivity contribution in [2.24, 2.45) is 4.99 Å². The van der Waals surface area contributed by atoms with Gasteiger partial charge in [0.15, 0.2) is 0 Å². The van der Waals surface area contributed by atoms with E-state index in [1.165, 1.54) is 16.1 Å².